The quantitative estimate of drug-likeness (QED) is 0.913. The molecular weight excluding hydrogens is 297 g/mol. The predicted octanol–water partition coefficient (Wildman–Crippen LogP) is 2.51. The summed E-state index contributed by atoms with van der Waals surface area (Å²) in [5, 5.41) is 11.3. The van der Waals surface area contributed by atoms with Crippen LogP contribution in [-0.2, 0) is 0 Å². The summed E-state index contributed by atoms with van der Waals surface area (Å²) in [5.74, 6) is -6.02. The fourth-order valence-corrected chi connectivity index (χ4v) is 1.99. The molecule has 0 bridgehead atoms. The van der Waals surface area contributed by atoms with Crippen LogP contribution >= 0.6 is 11.3 Å². The first-order chi connectivity index (χ1) is 9.38. The maximum Gasteiger partial charge on any atom is 0.355 e. The highest BCUT2D eigenvalue weighted by Crippen LogP contribution is 2.21. The van der Waals surface area contributed by atoms with E-state index in [1.54, 1.807) is 0 Å². The standard InChI is InChI=1S/C11H5F3N2O3S/c12-4-1-5(13)8(6(14)2-4)16-9(17)10-15-7(3-20-10)11(18)19/h1-3H,(H,16,17)(H,18,19). The molecule has 1 aromatic carbocycles. The Hall–Kier alpha value is -2.42. The molecule has 104 valence electrons. The van der Waals surface area contributed by atoms with Crippen LogP contribution in [0, 0.1) is 17.5 Å². The molecule has 0 spiro atoms. The lowest BCUT2D eigenvalue weighted by molar-refractivity contribution is 0.0691. The van der Waals surface area contributed by atoms with Gasteiger partial charge in [-0.2, -0.15) is 0 Å². The van der Waals surface area contributed by atoms with Crippen LogP contribution in [0.2, 0.25) is 0 Å². The van der Waals surface area contributed by atoms with E-state index >= 15 is 0 Å². The number of hydrogen-bond donors (Lipinski definition) is 2. The van der Waals surface area contributed by atoms with Gasteiger partial charge in [0.25, 0.3) is 5.91 Å². The lowest BCUT2D eigenvalue weighted by atomic mass is 10.2. The Morgan fingerprint density at radius 3 is 2.30 bits per heavy atom. The number of nitrogens with zero attached hydrogens (tertiary/aromatic N) is 1. The first kappa shape index (κ1) is 14.0. The van der Waals surface area contributed by atoms with Gasteiger partial charge in [-0.15, -0.1) is 11.3 Å². The second kappa shape index (κ2) is 5.29. The minimum atomic E-state index is -1.33. The van der Waals surface area contributed by atoms with Crippen molar-refractivity contribution in [2.24, 2.45) is 0 Å². The summed E-state index contributed by atoms with van der Waals surface area (Å²) in [4.78, 5) is 25.7. The summed E-state index contributed by atoms with van der Waals surface area (Å²) in [6.45, 7) is 0. The van der Waals surface area contributed by atoms with Gasteiger partial charge >= 0.3 is 5.97 Å². The zero-order valence-electron chi connectivity index (χ0n) is 9.49. The molecule has 0 aliphatic heterocycles. The molecule has 2 aromatic rings. The molecule has 0 fully saturated rings. The van der Waals surface area contributed by atoms with Crippen LogP contribution in [0.15, 0.2) is 17.5 Å². The highest BCUT2D eigenvalue weighted by atomic mass is 32.1. The SMILES string of the molecule is O=C(O)c1csc(C(=O)Nc2c(F)cc(F)cc2F)n1. The Balaban J connectivity index is 2.25. The number of nitrogens with one attached hydrogen (secondary N) is 1. The van der Waals surface area contributed by atoms with E-state index in [0.29, 0.717) is 23.5 Å². The largest absolute Gasteiger partial charge is 0.476 e. The Labute approximate surface area is 113 Å². The van der Waals surface area contributed by atoms with Crippen molar-refractivity contribution in [3.8, 4) is 0 Å². The summed E-state index contributed by atoms with van der Waals surface area (Å²) in [7, 11) is 0. The Bertz CT molecular complexity index is 679. The van der Waals surface area contributed by atoms with Gasteiger partial charge in [-0.1, -0.05) is 0 Å². The number of anilines is 1. The fraction of sp³-hybridized carbons (Fsp3) is 0. The Morgan fingerprint density at radius 1 is 1.20 bits per heavy atom. The number of amides is 1. The third kappa shape index (κ3) is 2.77. The van der Waals surface area contributed by atoms with Crippen LogP contribution in [0.5, 0.6) is 0 Å². The maximum absolute atomic E-state index is 13.3. The highest BCUT2D eigenvalue weighted by molar-refractivity contribution is 7.12. The minimum Gasteiger partial charge on any atom is -0.476 e. The van der Waals surface area contributed by atoms with Crippen LogP contribution in [0.1, 0.15) is 20.3 Å². The number of carbonyl (C=O) groups is 2. The van der Waals surface area contributed by atoms with E-state index < -0.39 is 35.0 Å². The van der Waals surface area contributed by atoms with E-state index in [2.05, 4.69) is 4.98 Å². The number of carbonyl (C=O) groups excluding carboxylic acids is 1. The van der Waals surface area contributed by atoms with Crippen molar-refractivity contribution < 1.29 is 27.9 Å². The number of rotatable bonds is 3. The van der Waals surface area contributed by atoms with E-state index in [9.17, 15) is 22.8 Å². The van der Waals surface area contributed by atoms with Crippen molar-refractivity contribution in [3.05, 3.63) is 45.7 Å². The number of carboxylic acids is 1. The molecule has 0 radical (unpaired) electrons. The second-order valence-corrected chi connectivity index (χ2v) is 4.40. The zero-order chi connectivity index (χ0) is 14.9. The van der Waals surface area contributed by atoms with Crippen LogP contribution < -0.4 is 5.32 Å². The first-order valence-electron chi connectivity index (χ1n) is 5.03. The van der Waals surface area contributed by atoms with Crippen LogP contribution in [0.3, 0.4) is 0 Å². The summed E-state index contributed by atoms with van der Waals surface area (Å²) >= 11 is 0.697. The normalized spacial score (nSPS) is 10.3. The van der Waals surface area contributed by atoms with Gasteiger partial charge in [-0.05, 0) is 0 Å². The number of carboxylic acid groups (broad SMARTS) is 1. The molecule has 0 saturated heterocycles. The number of hydrogen-bond acceptors (Lipinski definition) is 4. The van der Waals surface area contributed by atoms with E-state index in [0.717, 1.165) is 5.38 Å². The van der Waals surface area contributed by atoms with Crippen molar-refractivity contribution in [2.75, 3.05) is 5.32 Å². The first-order valence-corrected chi connectivity index (χ1v) is 5.91. The molecule has 0 unspecified atom stereocenters. The molecule has 0 aliphatic rings. The average molecular weight is 302 g/mol. The molecular formula is C11H5F3N2O3S. The average Bonchev–Trinajstić information content (AvgIpc) is 2.83. The monoisotopic (exact) mass is 302 g/mol. The van der Waals surface area contributed by atoms with Crippen molar-refractivity contribution >= 4 is 28.9 Å². The number of aromatic nitrogens is 1. The van der Waals surface area contributed by atoms with Gasteiger partial charge in [0.2, 0.25) is 0 Å². The van der Waals surface area contributed by atoms with E-state index in [1.807, 2.05) is 5.32 Å². The minimum absolute atomic E-state index is 0.287. The van der Waals surface area contributed by atoms with Crippen molar-refractivity contribution in [3.63, 3.8) is 0 Å². The molecule has 1 amide bonds. The Morgan fingerprint density at radius 2 is 1.80 bits per heavy atom. The van der Waals surface area contributed by atoms with Gasteiger partial charge in [0.15, 0.2) is 22.3 Å². The van der Waals surface area contributed by atoms with Crippen LogP contribution in [-0.4, -0.2) is 22.0 Å². The second-order valence-electron chi connectivity index (χ2n) is 3.54. The molecule has 0 aliphatic carbocycles. The molecule has 0 atom stereocenters. The maximum atomic E-state index is 13.3. The lowest BCUT2D eigenvalue weighted by Gasteiger charge is -2.05. The van der Waals surface area contributed by atoms with Crippen molar-refractivity contribution in [1.82, 2.24) is 4.98 Å². The number of aromatic carboxylic acids is 1. The topological polar surface area (TPSA) is 79.3 Å². The molecule has 20 heavy (non-hydrogen) atoms. The third-order valence-corrected chi connectivity index (χ3v) is 3.00. The predicted molar refractivity (Wildman–Crippen MR) is 63.3 cm³/mol. The molecule has 1 aromatic heterocycles. The summed E-state index contributed by atoms with van der Waals surface area (Å²) in [6, 6.07) is 0.812. The number of benzene rings is 1. The molecule has 5 nitrogen and oxygen atoms in total. The molecule has 2 N–H and O–H groups in total. The summed E-state index contributed by atoms with van der Waals surface area (Å²) < 4.78 is 39.3. The molecule has 1 heterocycles. The van der Waals surface area contributed by atoms with E-state index in [-0.39, 0.29) is 10.7 Å². The number of thiazole rings is 1. The van der Waals surface area contributed by atoms with E-state index in [4.69, 9.17) is 5.11 Å². The van der Waals surface area contributed by atoms with Gasteiger partial charge in [0.1, 0.15) is 11.5 Å². The van der Waals surface area contributed by atoms with Gasteiger partial charge in [-0.3, -0.25) is 4.79 Å². The lowest BCUT2D eigenvalue weighted by Crippen LogP contribution is -2.14. The Kier molecular flexibility index (Phi) is 3.70. The molecule has 0 saturated carbocycles. The van der Waals surface area contributed by atoms with Crippen molar-refractivity contribution in [1.29, 1.82) is 0 Å². The van der Waals surface area contributed by atoms with Gasteiger partial charge in [-0.25, -0.2) is 22.9 Å². The molecule has 2 rings (SSSR count). The van der Waals surface area contributed by atoms with Gasteiger partial charge < -0.3 is 10.4 Å². The van der Waals surface area contributed by atoms with Crippen LogP contribution in [0.4, 0.5) is 18.9 Å². The number of halogens is 3. The van der Waals surface area contributed by atoms with Gasteiger partial charge in [0, 0.05) is 17.5 Å². The zero-order valence-corrected chi connectivity index (χ0v) is 10.3. The third-order valence-electron chi connectivity index (χ3n) is 2.16. The molecule has 9 heteroatoms. The summed E-state index contributed by atoms with van der Waals surface area (Å²) in [6.07, 6.45) is 0. The van der Waals surface area contributed by atoms with Crippen molar-refractivity contribution in [2.45, 2.75) is 0 Å². The highest BCUT2D eigenvalue weighted by Gasteiger charge is 2.19. The summed E-state index contributed by atoms with van der Waals surface area (Å²) in [5.41, 5.74) is -1.19. The van der Waals surface area contributed by atoms with Gasteiger partial charge in [0.05, 0.1) is 0 Å². The fourth-order valence-electron chi connectivity index (χ4n) is 1.30. The van der Waals surface area contributed by atoms with E-state index in [1.165, 1.54) is 0 Å². The smallest absolute Gasteiger partial charge is 0.355 e. The van der Waals surface area contributed by atoms with Crippen LogP contribution in [0.25, 0.3) is 0 Å².